The van der Waals surface area contributed by atoms with Crippen LogP contribution in [0.5, 0.6) is 5.75 Å². The molecule has 0 aliphatic rings. The van der Waals surface area contributed by atoms with Gasteiger partial charge in [0.2, 0.25) is 0 Å². The summed E-state index contributed by atoms with van der Waals surface area (Å²) in [5.74, 6) is 0.725. The fourth-order valence-electron chi connectivity index (χ4n) is 1.40. The average Bonchev–Trinajstić information content (AvgIpc) is 2.91. The fraction of sp³-hybridized carbons (Fsp3) is 0.250. The Morgan fingerprint density at radius 1 is 1.56 bits per heavy atom. The second-order valence-electron chi connectivity index (χ2n) is 3.77. The minimum absolute atomic E-state index is 0.145. The van der Waals surface area contributed by atoms with Crippen LogP contribution >= 0.6 is 0 Å². The molecule has 2 rings (SSSR count). The molecular weight excluding hydrogens is 232 g/mol. The molecule has 0 radical (unpaired) electrons. The SMILES string of the molecule is C[C@@H](CNC(=O)c1ncc[nH]1)Oc1cccnc1. The number of rotatable bonds is 5. The number of amides is 1. The van der Waals surface area contributed by atoms with Crippen LogP contribution in [0, 0.1) is 0 Å². The molecule has 0 bridgehead atoms. The molecule has 0 fully saturated rings. The molecule has 1 atom stereocenters. The third kappa shape index (κ3) is 3.31. The molecule has 2 aromatic rings. The van der Waals surface area contributed by atoms with Crippen LogP contribution in [0.25, 0.3) is 0 Å². The first-order chi connectivity index (χ1) is 8.75. The lowest BCUT2D eigenvalue weighted by Gasteiger charge is -2.14. The van der Waals surface area contributed by atoms with Gasteiger partial charge >= 0.3 is 0 Å². The summed E-state index contributed by atoms with van der Waals surface area (Å²) in [6.45, 7) is 2.27. The van der Waals surface area contributed by atoms with E-state index in [1.165, 1.54) is 6.20 Å². The van der Waals surface area contributed by atoms with Crippen molar-refractivity contribution in [3.63, 3.8) is 0 Å². The summed E-state index contributed by atoms with van der Waals surface area (Å²) in [4.78, 5) is 22.1. The normalized spacial score (nSPS) is 11.8. The van der Waals surface area contributed by atoms with Crippen LogP contribution < -0.4 is 10.1 Å². The number of aromatic nitrogens is 3. The zero-order valence-electron chi connectivity index (χ0n) is 9.96. The van der Waals surface area contributed by atoms with Crippen molar-refractivity contribution in [1.29, 1.82) is 0 Å². The maximum atomic E-state index is 11.6. The Morgan fingerprint density at radius 2 is 2.44 bits per heavy atom. The number of carbonyl (C=O) groups is 1. The Hall–Kier alpha value is -2.37. The van der Waals surface area contributed by atoms with Crippen LogP contribution in [0.4, 0.5) is 0 Å². The van der Waals surface area contributed by atoms with E-state index in [9.17, 15) is 4.79 Å². The van der Waals surface area contributed by atoms with Gasteiger partial charge in [0.15, 0.2) is 5.82 Å². The molecule has 2 aromatic heterocycles. The van der Waals surface area contributed by atoms with Gasteiger partial charge in [-0.25, -0.2) is 4.98 Å². The lowest BCUT2D eigenvalue weighted by atomic mass is 10.3. The minimum Gasteiger partial charge on any atom is -0.487 e. The third-order valence-corrected chi connectivity index (χ3v) is 2.24. The zero-order chi connectivity index (χ0) is 12.8. The molecule has 2 heterocycles. The van der Waals surface area contributed by atoms with E-state index in [4.69, 9.17) is 4.74 Å². The molecule has 0 spiro atoms. The van der Waals surface area contributed by atoms with Gasteiger partial charge in [0, 0.05) is 18.6 Å². The number of ether oxygens (including phenoxy) is 1. The smallest absolute Gasteiger partial charge is 0.287 e. The van der Waals surface area contributed by atoms with Gasteiger partial charge in [0.1, 0.15) is 11.9 Å². The second-order valence-corrected chi connectivity index (χ2v) is 3.77. The standard InChI is InChI=1S/C12H14N4O2/c1-9(18-10-3-2-4-13-8-10)7-16-12(17)11-14-5-6-15-11/h2-6,8-9H,7H2,1H3,(H,14,15)(H,16,17)/t9-/m0/s1. The van der Waals surface area contributed by atoms with Gasteiger partial charge in [-0.3, -0.25) is 9.78 Å². The van der Waals surface area contributed by atoms with E-state index >= 15 is 0 Å². The first kappa shape index (κ1) is 12.1. The van der Waals surface area contributed by atoms with Gasteiger partial charge in [-0.05, 0) is 19.1 Å². The van der Waals surface area contributed by atoms with E-state index in [0.29, 0.717) is 18.1 Å². The van der Waals surface area contributed by atoms with Gasteiger partial charge in [0.25, 0.3) is 5.91 Å². The van der Waals surface area contributed by atoms with Crippen LogP contribution in [-0.2, 0) is 0 Å². The van der Waals surface area contributed by atoms with Crippen molar-refractivity contribution >= 4 is 5.91 Å². The Kier molecular flexibility index (Phi) is 3.90. The van der Waals surface area contributed by atoms with Crippen LogP contribution in [0.15, 0.2) is 36.9 Å². The molecule has 0 saturated carbocycles. The number of hydrogen-bond acceptors (Lipinski definition) is 4. The average molecular weight is 246 g/mol. The Morgan fingerprint density at radius 3 is 3.11 bits per heavy atom. The van der Waals surface area contributed by atoms with Crippen LogP contribution in [-0.4, -0.2) is 33.5 Å². The number of nitrogens with one attached hydrogen (secondary N) is 2. The molecule has 6 heteroatoms. The molecule has 94 valence electrons. The summed E-state index contributed by atoms with van der Waals surface area (Å²) in [5.41, 5.74) is 0. The predicted molar refractivity (Wildman–Crippen MR) is 65.2 cm³/mol. The van der Waals surface area contributed by atoms with Crippen molar-refractivity contribution in [2.45, 2.75) is 13.0 Å². The lowest BCUT2D eigenvalue weighted by molar-refractivity contribution is 0.0922. The van der Waals surface area contributed by atoms with Gasteiger partial charge in [-0.2, -0.15) is 0 Å². The van der Waals surface area contributed by atoms with Crippen molar-refractivity contribution in [2.24, 2.45) is 0 Å². The molecule has 1 amide bonds. The minimum atomic E-state index is -0.248. The third-order valence-electron chi connectivity index (χ3n) is 2.24. The Bertz CT molecular complexity index is 484. The quantitative estimate of drug-likeness (QED) is 0.824. The number of hydrogen-bond donors (Lipinski definition) is 2. The highest BCUT2D eigenvalue weighted by Crippen LogP contribution is 2.08. The van der Waals surface area contributed by atoms with Crippen LogP contribution in [0.3, 0.4) is 0 Å². The first-order valence-corrected chi connectivity index (χ1v) is 5.60. The van der Waals surface area contributed by atoms with Gasteiger partial charge in [-0.15, -0.1) is 0 Å². The number of pyridine rings is 1. The van der Waals surface area contributed by atoms with Crippen molar-refractivity contribution in [3.8, 4) is 5.75 Å². The molecule has 0 aliphatic heterocycles. The molecule has 0 aromatic carbocycles. The number of imidazole rings is 1. The van der Waals surface area contributed by atoms with E-state index in [1.807, 2.05) is 13.0 Å². The lowest BCUT2D eigenvalue weighted by Crippen LogP contribution is -2.34. The van der Waals surface area contributed by atoms with Crippen molar-refractivity contribution in [3.05, 3.63) is 42.7 Å². The number of carbonyl (C=O) groups excluding carboxylic acids is 1. The monoisotopic (exact) mass is 246 g/mol. The van der Waals surface area contributed by atoms with E-state index in [1.54, 1.807) is 24.7 Å². The van der Waals surface area contributed by atoms with E-state index < -0.39 is 0 Å². The summed E-state index contributed by atoms with van der Waals surface area (Å²) < 4.78 is 5.57. The Balaban J connectivity index is 1.78. The van der Waals surface area contributed by atoms with Crippen molar-refractivity contribution in [2.75, 3.05) is 6.54 Å². The summed E-state index contributed by atoms with van der Waals surface area (Å²) in [5, 5.41) is 2.73. The van der Waals surface area contributed by atoms with Crippen LogP contribution in [0.1, 0.15) is 17.5 Å². The first-order valence-electron chi connectivity index (χ1n) is 5.60. The molecule has 6 nitrogen and oxygen atoms in total. The maximum absolute atomic E-state index is 11.6. The molecular formula is C12H14N4O2. The Labute approximate surface area is 104 Å². The highest BCUT2D eigenvalue weighted by molar-refractivity contribution is 5.90. The van der Waals surface area contributed by atoms with Gasteiger partial charge < -0.3 is 15.0 Å². The second kappa shape index (κ2) is 5.81. The summed E-state index contributed by atoms with van der Waals surface area (Å²) in [7, 11) is 0. The molecule has 0 saturated heterocycles. The summed E-state index contributed by atoms with van der Waals surface area (Å²) in [6.07, 6.45) is 6.30. The number of nitrogens with zero attached hydrogens (tertiary/aromatic N) is 2. The van der Waals surface area contributed by atoms with E-state index in [-0.39, 0.29) is 12.0 Å². The molecule has 2 N–H and O–H groups in total. The highest BCUT2D eigenvalue weighted by atomic mass is 16.5. The fourth-order valence-corrected chi connectivity index (χ4v) is 1.40. The number of aromatic amines is 1. The van der Waals surface area contributed by atoms with E-state index in [0.717, 1.165) is 0 Å². The predicted octanol–water partition coefficient (Wildman–Crippen LogP) is 1.00. The zero-order valence-corrected chi connectivity index (χ0v) is 9.96. The van der Waals surface area contributed by atoms with Gasteiger partial charge in [0.05, 0.1) is 12.7 Å². The molecule has 18 heavy (non-hydrogen) atoms. The number of H-pyrrole nitrogens is 1. The molecule has 0 aliphatic carbocycles. The van der Waals surface area contributed by atoms with Crippen LogP contribution in [0.2, 0.25) is 0 Å². The molecule has 0 unspecified atom stereocenters. The summed E-state index contributed by atoms with van der Waals surface area (Å²) in [6, 6.07) is 3.61. The van der Waals surface area contributed by atoms with Crippen molar-refractivity contribution < 1.29 is 9.53 Å². The van der Waals surface area contributed by atoms with Gasteiger partial charge in [-0.1, -0.05) is 0 Å². The van der Waals surface area contributed by atoms with E-state index in [2.05, 4.69) is 20.3 Å². The topological polar surface area (TPSA) is 79.9 Å². The maximum Gasteiger partial charge on any atom is 0.287 e. The summed E-state index contributed by atoms with van der Waals surface area (Å²) >= 11 is 0. The van der Waals surface area contributed by atoms with Crippen molar-refractivity contribution in [1.82, 2.24) is 20.3 Å². The highest BCUT2D eigenvalue weighted by Gasteiger charge is 2.10. The largest absolute Gasteiger partial charge is 0.487 e.